The monoisotopic (exact) mass is 559 g/mol. The summed E-state index contributed by atoms with van der Waals surface area (Å²) in [6, 6.07) is 35.2. The van der Waals surface area contributed by atoms with Crippen LogP contribution in [0.15, 0.2) is 122 Å². The number of hydrogen-bond donors (Lipinski definition) is 2. The predicted octanol–water partition coefficient (Wildman–Crippen LogP) is 6.38. The normalized spacial score (nSPS) is 16.3. The number of para-hydroxylation sites is 1. The molecule has 7 nitrogen and oxygen atoms in total. The summed E-state index contributed by atoms with van der Waals surface area (Å²) in [6.07, 6.45) is 3.88. The van der Waals surface area contributed by atoms with Crippen LogP contribution in [0.4, 0.5) is 11.4 Å². The zero-order valence-electron chi connectivity index (χ0n) is 22.5. The third-order valence-electron chi connectivity index (χ3n) is 7.04. The zero-order chi connectivity index (χ0) is 28.2. The Morgan fingerprint density at radius 2 is 1.63 bits per heavy atom. The van der Waals surface area contributed by atoms with Crippen molar-refractivity contribution in [1.29, 1.82) is 0 Å². The third kappa shape index (κ3) is 5.69. The minimum absolute atomic E-state index is 0.0737. The van der Waals surface area contributed by atoms with Crippen LogP contribution in [0, 0.1) is 6.92 Å². The van der Waals surface area contributed by atoms with Crippen molar-refractivity contribution in [3.63, 3.8) is 0 Å². The molecule has 0 unspecified atom stereocenters. The maximum absolute atomic E-state index is 12.5. The Hall–Kier alpha value is -4.95. The Morgan fingerprint density at radius 1 is 0.902 bits per heavy atom. The Balaban J connectivity index is 1.28. The quantitative estimate of drug-likeness (QED) is 0.215. The summed E-state index contributed by atoms with van der Waals surface area (Å²) in [4.78, 5) is 19.3. The number of nitrogens with one attached hydrogen (secondary N) is 2. The van der Waals surface area contributed by atoms with Crippen molar-refractivity contribution in [2.24, 2.45) is 0 Å². The van der Waals surface area contributed by atoms with Crippen LogP contribution in [0.2, 0.25) is 0 Å². The number of nitrogens with zero attached hydrogens (tertiary/aromatic N) is 3. The van der Waals surface area contributed by atoms with Crippen LogP contribution in [-0.2, 0) is 4.79 Å². The first-order valence-corrected chi connectivity index (χ1v) is 13.8. The highest BCUT2D eigenvalue weighted by Crippen LogP contribution is 2.42. The lowest BCUT2D eigenvalue weighted by Crippen LogP contribution is -2.30. The van der Waals surface area contributed by atoms with Gasteiger partial charge in [-0.05, 0) is 91.9 Å². The molecule has 2 atom stereocenters. The van der Waals surface area contributed by atoms with Gasteiger partial charge in [0.2, 0.25) is 0 Å². The topological polar surface area (TPSA) is 71.4 Å². The fourth-order valence-corrected chi connectivity index (χ4v) is 5.42. The number of benzene rings is 3. The van der Waals surface area contributed by atoms with E-state index in [0.29, 0.717) is 16.5 Å². The summed E-state index contributed by atoms with van der Waals surface area (Å²) in [5.74, 6) is 0.418. The molecule has 3 aromatic carbocycles. The number of aromatic nitrogens is 2. The highest BCUT2D eigenvalue weighted by atomic mass is 32.1. The number of rotatable bonds is 8. The van der Waals surface area contributed by atoms with Gasteiger partial charge in [0.25, 0.3) is 5.91 Å². The van der Waals surface area contributed by atoms with Crippen molar-refractivity contribution in [2.45, 2.75) is 19.0 Å². The molecule has 1 amide bonds. The number of carbonyl (C=O) groups excluding carboxylic acids is 1. The maximum atomic E-state index is 12.5. The number of aryl methyl sites for hydroxylation is 1. The van der Waals surface area contributed by atoms with E-state index in [4.69, 9.17) is 17.0 Å². The van der Waals surface area contributed by atoms with E-state index in [-0.39, 0.29) is 24.6 Å². The second-order valence-electron chi connectivity index (χ2n) is 9.83. The largest absolute Gasteiger partial charge is 0.484 e. The number of hydrogen-bond acceptors (Lipinski definition) is 4. The molecule has 3 heterocycles. The van der Waals surface area contributed by atoms with Gasteiger partial charge in [-0.3, -0.25) is 9.78 Å². The van der Waals surface area contributed by atoms with Gasteiger partial charge in [-0.25, -0.2) is 0 Å². The molecule has 6 rings (SSSR count). The zero-order valence-corrected chi connectivity index (χ0v) is 23.3. The molecular formula is C33H29N5O2S. The first-order chi connectivity index (χ1) is 20.1. The Kier molecular flexibility index (Phi) is 7.47. The van der Waals surface area contributed by atoms with Crippen LogP contribution in [0.25, 0.3) is 5.69 Å². The van der Waals surface area contributed by atoms with Gasteiger partial charge in [-0.2, -0.15) is 0 Å². The smallest absolute Gasteiger partial charge is 0.262 e. The van der Waals surface area contributed by atoms with E-state index >= 15 is 0 Å². The Bertz CT molecular complexity index is 1640. The first kappa shape index (κ1) is 26.3. The molecular weight excluding hydrogens is 530 g/mol. The summed E-state index contributed by atoms with van der Waals surface area (Å²) in [6.45, 7) is 2.01. The number of pyridine rings is 1. The third-order valence-corrected chi connectivity index (χ3v) is 7.35. The van der Waals surface area contributed by atoms with E-state index in [1.54, 1.807) is 6.20 Å². The van der Waals surface area contributed by atoms with Crippen molar-refractivity contribution >= 4 is 34.6 Å². The molecule has 8 heteroatoms. The van der Waals surface area contributed by atoms with Crippen LogP contribution < -0.4 is 20.3 Å². The molecule has 0 saturated carbocycles. The van der Waals surface area contributed by atoms with Crippen LogP contribution in [-0.4, -0.2) is 27.2 Å². The molecule has 0 spiro atoms. The summed E-state index contributed by atoms with van der Waals surface area (Å²) in [7, 11) is 0. The van der Waals surface area contributed by atoms with E-state index in [1.165, 1.54) is 5.56 Å². The first-order valence-electron chi connectivity index (χ1n) is 13.4. The van der Waals surface area contributed by atoms with Gasteiger partial charge in [-0.1, -0.05) is 42.0 Å². The lowest BCUT2D eigenvalue weighted by Gasteiger charge is -2.29. The fraction of sp³-hybridized carbons (Fsp3) is 0.121. The molecule has 5 aromatic rings. The summed E-state index contributed by atoms with van der Waals surface area (Å²) in [5, 5.41) is 7.03. The summed E-state index contributed by atoms with van der Waals surface area (Å²) in [5.41, 5.74) is 5.84. The van der Waals surface area contributed by atoms with Crippen LogP contribution in [0.5, 0.6) is 5.75 Å². The van der Waals surface area contributed by atoms with Crippen molar-refractivity contribution < 1.29 is 9.53 Å². The van der Waals surface area contributed by atoms with Gasteiger partial charge in [0.1, 0.15) is 11.8 Å². The summed E-state index contributed by atoms with van der Waals surface area (Å²) < 4.78 is 7.77. The van der Waals surface area contributed by atoms with Crippen molar-refractivity contribution in [3.8, 4) is 11.4 Å². The average molecular weight is 560 g/mol. The second-order valence-corrected chi connectivity index (χ2v) is 10.2. The van der Waals surface area contributed by atoms with Crippen molar-refractivity contribution in [2.75, 3.05) is 16.8 Å². The van der Waals surface area contributed by atoms with Gasteiger partial charge in [0.15, 0.2) is 11.7 Å². The van der Waals surface area contributed by atoms with E-state index in [0.717, 1.165) is 22.8 Å². The number of ether oxygens (including phenoxy) is 1. The highest BCUT2D eigenvalue weighted by Gasteiger charge is 2.42. The van der Waals surface area contributed by atoms with Gasteiger partial charge in [0.05, 0.1) is 11.7 Å². The molecule has 204 valence electrons. The number of carbonyl (C=O) groups is 1. The molecule has 1 aliphatic heterocycles. The molecule has 0 bridgehead atoms. The van der Waals surface area contributed by atoms with Crippen molar-refractivity contribution in [3.05, 3.63) is 139 Å². The van der Waals surface area contributed by atoms with Gasteiger partial charge in [-0.15, -0.1) is 0 Å². The lowest BCUT2D eigenvalue weighted by molar-refractivity contribution is -0.118. The maximum Gasteiger partial charge on any atom is 0.262 e. The minimum atomic E-state index is -0.232. The molecule has 1 saturated heterocycles. The van der Waals surface area contributed by atoms with Crippen molar-refractivity contribution in [1.82, 2.24) is 14.9 Å². The van der Waals surface area contributed by atoms with E-state index < -0.39 is 0 Å². The Labute approximate surface area is 244 Å². The van der Waals surface area contributed by atoms with Gasteiger partial charge < -0.3 is 24.8 Å². The standard InChI is InChI=1S/C33H29N5O2S/c1-23-12-16-25(17-13-23)37-21-7-11-29(37)32-31(28-10-5-6-20-34-28)36-33(41)38(32)26-18-14-24(15-19-26)35-30(39)22-40-27-8-3-2-4-9-27/h2-21,31-32H,22H2,1H3,(H,35,39)(H,36,41)/t31-,32+/m1/s1. The molecule has 2 aromatic heterocycles. The Morgan fingerprint density at radius 3 is 2.37 bits per heavy atom. The molecule has 41 heavy (non-hydrogen) atoms. The second kappa shape index (κ2) is 11.7. The van der Waals surface area contributed by atoms with E-state index in [1.807, 2.05) is 72.8 Å². The molecule has 2 N–H and O–H groups in total. The van der Waals surface area contributed by atoms with Gasteiger partial charge >= 0.3 is 0 Å². The highest BCUT2D eigenvalue weighted by molar-refractivity contribution is 7.80. The van der Waals surface area contributed by atoms with Crippen LogP contribution in [0.3, 0.4) is 0 Å². The average Bonchev–Trinajstić information content (AvgIpc) is 3.62. The molecule has 1 aliphatic rings. The van der Waals surface area contributed by atoms with E-state index in [9.17, 15) is 4.79 Å². The number of amides is 1. The van der Waals surface area contributed by atoms with Gasteiger partial charge in [0, 0.05) is 35.1 Å². The SMILES string of the molecule is Cc1ccc(-n2cccc2[C@H]2[C@@H](c3ccccn3)NC(=S)N2c2ccc(NC(=O)COc3ccccc3)cc2)cc1. The van der Waals surface area contributed by atoms with Crippen LogP contribution >= 0.6 is 12.2 Å². The fourth-order valence-electron chi connectivity index (χ4n) is 5.08. The number of anilines is 2. The minimum Gasteiger partial charge on any atom is -0.484 e. The summed E-state index contributed by atoms with van der Waals surface area (Å²) >= 11 is 5.90. The molecule has 1 fully saturated rings. The molecule has 0 radical (unpaired) electrons. The number of thiocarbonyl (C=S) groups is 1. The van der Waals surface area contributed by atoms with E-state index in [2.05, 4.69) is 74.6 Å². The lowest BCUT2D eigenvalue weighted by atomic mass is 10.0. The molecule has 0 aliphatic carbocycles. The predicted molar refractivity (Wildman–Crippen MR) is 165 cm³/mol. The van der Waals surface area contributed by atoms with Crippen LogP contribution in [0.1, 0.15) is 29.0 Å².